The molecule has 2 nitrogen and oxygen atoms in total. The molecule has 84 valence electrons. The zero-order valence-electron chi connectivity index (χ0n) is 9.92. The number of hydrazine groups is 1. The second-order valence-electron chi connectivity index (χ2n) is 3.72. The lowest BCUT2D eigenvalue weighted by molar-refractivity contribution is 0.154. The first kappa shape index (κ1) is 14.0. The van der Waals surface area contributed by atoms with Crippen LogP contribution in [0, 0.1) is 24.7 Å². The van der Waals surface area contributed by atoms with E-state index in [4.69, 9.17) is 12.8 Å². The predicted molar refractivity (Wildman–Crippen MR) is 66.0 cm³/mol. The van der Waals surface area contributed by atoms with Crippen molar-refractivity contribution >= 4 is 0 Å². The second kappa shape index (κ2) is 9.59. The summed E-state index contributed by atoms with van der Waals surface area (Å²) in [6.45, 7) is 5.53. The van der Waals surface area contributed by atoms with Crippen molar-refractivity contribution in [3.05, 3.63) is 0 Å². The summed E-state index contributed by atoms with van der Waals surface area (Å²) in [5.41, 5.74) is 3.15. The zero-order chi connectivity index (χ0) is 11.5. The lowest BCUT2D eigenvalue weighted by Crippen LogP contribution is -2.44. The molecule has 1 atom stereocenters. The Morgan fingerprint density at radius 1 is 1.27 bits per heavy atom. The third-order valence-corrected chi connectivity index (χ3v) is 2.40. The summed E-state index contributed by atoms with van der Waals surface area (Å²) in [6.07, 6.45) is 15.5. The van der Waals surface area contributed by atoms with Gasteiger partial charge in [-0.25, -0.2) is 10.4 Å². The van der Waals surface area contributed by atoms with Crippen LogP contribution in [0.2, 0.25) is 0 Å². The van der Waals surface area contributed by atoms with Gasteiger partial charge in [-0.15, -0.1) is 12.8 Å². The van der Waals surface area contributed by atoms with Crippen molar-refractivity contribution in [1.82, 2.24) is 10.4 Å². The zero-order valence-corrected chi connectivity index (χ0v) is 9.92. The maximum absolute atomic E-state index is 5.31. The number of terminal acetylenes is 2. The van der Waals surface area contributed by atoms with E-state index in [1.165, 1.54) is 19.3 Å². The fraction of sp³-hybridized carbons (Fsp3) is 0.692. The molecule has 2 heteroatoms. The molecule has 0 heterocycles. The maximum atomic E-state index is 5.31. The van der Waals surface area contributed by atoms with Gasteiger partial charge in [-0.2, -0.15) is 0 Å². The molecule has 0 rings (SSSR count). The van der Waals surface area contributed by atoms with Crippen LogP contribution in [-0.2, 0) is 0 Å². The van der Waals surface area contributed by atoms with Crippen LogP contribution < -0.4 is 5.43 Å². The summed E-state index contributed by atoms with van der Waals surface area (Å²) < 4.78 is 0. The third-order valence-electron chi connectivity index (χ3n) is 2.40. The standard InChI is InChI=1S/C13H22N2/c1-5-8-9-10-13(4)15(12-7-3)14-11-6-2/h2-3,13-14H,5,8-12H2,1,4H3. The van der Waals surface area contributed by atoms with Gasteiger partial charge in [0.2, 0.25) is 0 Å². The number of rotatable bonds is 8. The van der Waals surface area contributed by atoms with Crippen molar-refractivity contribution in [2.24, 2.45) is 0 Å². The number of nitrogens with one attached hydrogen (secondary N) is 1. The lowest BCUT2D eigenvalue weighted by atomic mass is 10.1. The van der Waals surface area contributed by atoms with Gasteiger partial charge in [-0.3, -0.25) is 0 Å². The highest BCUT2D eigenvalue weighted by molar-refractivity contribution is 4.91. The van der Waals surface area contributed by atoms with Gasteiger partial charge in [0.15, 0.2) is 0 Å². The molecule has 0 aromatic rings. The number of unbranched alkanes of at least 4 members (excludes halogenated alkanes) is 2. The Kier molecular flexibility index (Phi) is 8.98. The molecule has 0 aromatic heterocycles. The molecule has 0 spiro atoms. The van der Waals surface area contributed by atoms with Gasteiger partial charge in [0.25, 0.3) is 0 Å². The highest BCUT2D eigenvalue weighted by atomic mass is 15.5. The molecule has 0 amide bonds. The Morgan fingerprint density at radius 2 is 2.00 bits per heavy atom. The van der Waals surface area contributed by atoms with Crippen molar-refractivity contribution in [1.29, 1.82) is 0 Å². The predicted octanol–water partition coefficient (Wildman–Crippen LogP) is 2.03. The maximum Gasteiger partial charge on any atom is 0.0743 e. The minimum atomic E-state index is 0.445. The molecular weight excluding hydrogens is 184 g/mol. The average molecular weight is 206 g/mol. The lowest BCUT2D eigenvalue weighted by Gasteiger charge is -2.27. The van der Waals surface area contributed by atoms with Gasteiger partial charge in [-0.1, -0.05) is 38.0 Å². The van der Waals surface area contributed by atoms with Gasteiger partial charge in [0.1, 0.15) is 0 Å². The summed E-state index contributed by atoms with van der Waals surface area (Å²) in [5.74, 6) is 5.20. The molecule has 0 saturated carbocycles. The quantitative estimate of drug-likeness (QED) is 0.371. The molecule has 15 heavy (non-hydrogen) atoms. The van der Waals surface area contributed by atoms with Crippen LogP contribution in [0.5, 0.6) is 0 Å². The number of hydrogen-bond donors (Lipinski definition) is 1. The molecule has 0 aliphatic carbocycles. The van der Waals surface area contributed by atoms with E-state index in [0.717, 1.165) is 6.42 Å². The third kappa shape index (κ3) is 7.03. The summed E-state index contributed by atoms with van der Waals surface area (Å²) in [6, 6.07) is 0.445. The van der Waals surface area contributed by atoms with E-state index in [1.54, 1.807) is 0 Å². The van der Waals surface area contributed by atoms with E-state index in [1.807, 2.05) is 0 Å². The molecule has 1 N–H and O–H groups in total. The van der Waals surface area contributed by atoms with Crippen molar-refractivity contribution in [2.45, 2.75) is 45.6 Å². The van der Waals surface area contributed by atoms with Gasteiger partial charge < -0.3 is 0 Å². The molecule has 0 aliphatic heterocycles. The summed E-state index contributed by atoms with van der Waals surface area (Å²) in [7, 11) is 0. The fourth-order valence-electron chi connectivity index (χ4n) is 1.46. The van der Waals surface area contributed by atoms with Crippen molar-refractivity contribution < 1.29 is 0 Å². The van der Waals surface area contributed by atoms with E-state index in [9.17, 15) is 0 Å². The smallest absolute Gasteiger partial charge is 0.0743 e. The van der Waals surface area contributed by atoms with Gasteiger partial charge in [0, 0.05) is 6.04 Å². The monoisotopic (exact) mass is 206 g/mol. The topological polar surface area (TPSA) is 15.3 Å². The summed E-state index contributed by atoms with van der Waals surface area (Å²) >= 11 is 0. The van der Waals surface area contributed by atoms with E-state index < -0.39 is 0 Å². The Morgan fingerprint density at radius 3 is 2.53 bits per heavy atom. The van der Waals surface area contributed by atoms with Crippen molar-refractivity contribution in [3.63, 3.8) is 0 Å². The largest absolute Gasteiger partial charge is 0.242 e. The highest BCUT2D eigenvalue weighted by Gasteiger charge is 2.10. The van der Waals surface area contributed by atoms with Gasteiger partial charge in [-0.05, 0) is 13.3 Å². The Labute approximate surface area is 94.4 Å². The Bertz CT molecular complexity index is 222. The Balaban J connectivity index is 3.88. The van der Waals surface area contributed by atoms with Crippen LogP contribution in [0.4, 0.5) is 0 Å². The van der Waals surface area contributed by atoms with Crippen LogP contribution in [0.15, 0.2) is 0 Å². The second-order valence-corrected chi connectivity index (χ2v) is 3.72. The molecular formula is C13H22N2. The van der Waals surface area contributed by atoms with Crippen LogP contribution in [0.25, 0.3) is 0 Å². The fourth-order valence-corrected chi connectivity index (χ4v) is 1.46. The molecule has 0 radical (unpaired) electrons. The van der Waals surface area contributed by atoms with Crippen LogP contribution in [0.3, 0.4) is 0 Å². The highest BCUT2D eigenvalue weighted by Crippen LogP contribution is 2.07. The van der Waals surface area contributed by atoms with Gasteiger partial charge >= 0.3 is 0 Å². The van der Waals surface area contributed by atoms with Crippen LogP contribution >= 0.6 is 0 Å². The normalized spacial score (nSPS) is 12.1. The van der Waals surface area contributed by atoms with Gasteiger partial charge in [0.05, 0.1) is 13.1 Å². The molecule has 0 saturated heterocycles. The average Bonchev–Trinajstić information content (AvgIpc) is 2.24. The number of nitrogens with zero attached hydrogens (tertiary/aromatic N) is 1. The van der Waals surface area contributed by atoms with Crippen molar-refractivity contribution in [2.75, 3.05) is 13.1 Å². The Hall–Kier alpha value is -0.960. The first-order valence-corrected chi connectivity index (χ1v) is 5.63. The van der Waals surface area contributed by atoms with Crippen molar-refractivity contribution in [3.8, 4) is 24.7 Å². The molecule has 1 unspecified atom stereocenters. The summed E-state index contributed by atoms with van der Waals surface area (Å²) in [4.78, 5) is 0. The van der Waals surface area contributed by atoms with E-state index in [0.29, 0.717) is 19.1 Å². The molecule has 0 aliphatic rings. The minimum Gasteiger partial charge on any atom is -0.242 e. The number of hydrogen-bond acceptors (Lipinski definition) is 2. The van der Waals surface area contributed by atoms with E-state index in [2.05, 4.69) is 36.1 Å². The molecule has 0 aromatic carbocycles. The molecule has 0 bridgehead atoms. The summed E-state index contributed by atoms with van der Waals surface area (Å²) in [5, 5.41) is 2.05. The van der Waals surface area contributed by atoms with Crippen LogP contribution in [-0.4, -0.2) is 24.1 Å². The molecule has 0 fully saturated rings. The first-order valence-electron chi connectivity index (χ1n) is 5.63. The first-order chi connectivity index (χ1) is 7.26. The van der Waals surface area contributed by atoms with E-state index in [-0.39, 0.29) is 0 Å². The van der Waals surface area contributed by atoms with Crippen LogP contribution in [0.1, 0.15) is 39.5 Å². The van der Waals surface area contributed by atoms with E-state index >= 15 is 0 Å². The SMILES string of the molecule is C#CCNN(CC#C)C(C)CCCCC. The minimum absolute atomic E-state index is 0.445.